The van der Waals surface area contributed by atoms with Gasteiger partial charge in [0.15, 0.2) is 0 Å². The van der Waals surface area contributed by atoms with Crippen molar-refractivity contribution in [2.24, 2.45) is 0 Å². The Hall–Kier alpha value is -1.84. The molecule has 0 aliphatic carbocycles. The Kier molecular flexibility index (Phi) is 5.59. The van der Waals surface area contributed by atoms with Crippen LogP contribution in [0.1, 0.15) is 32.1 Å². The number of Topliss-reactive ketones (excluding diaryl/α,β-unsaturated/α-hetero) is 1. The van der Waals surface area contributed by atoms with Gasteiger partial charge in [-0.25, -0.2) is 0 Å². The van der Waals surface area contributed by atoms with Crippen molar-refractivity contribution < 1.29 is 14.3 Å². The van der Waals surface area contributed by atoms with Gasteiger partial charge in [-0.2, -0.15) is 0 Å². The maximum atomic E-state index is 12.0. The third kappa shape index (κ3) is 4.68. The van der Waals surface area contributed by atoms with E-state index in [0.717, 1.165) is 12.2 Å². The van der Waals surface area contributed by atoms with Gasteiger partial charge in [-0.1, -0.05) is 18.2 Å². The van der Waals surface area contributed by atoms with Crippen LogP contribution in [-0.2, 0) is 9.59 Å². The van der Waals surface area contributed by atoms with Crippen LogP contribution in [0.15, 0.2) is 30.3 Å². The molecular weight excluding hydrogens is 254 g/mol. The molecule has 1 heterocycles. The summed E-state index contributed by atoms with van der Waals surface area (Å²) in [5.41, 5.74) is 0. The van der Waals surface area contributed by atoms with Gasteiger partial charge in [0, 0.05) is 32.4 Å². The van der Waals surface area contributed by atoms with E-state index < -0.39 is 0 Å². The Morgan fingerprint density at radius 3 is 2.75 bits per heavy atom. The number of carbonyl (C=O) groups excluding carboxylic acids is 2. The van der Waals surface area contributed by atoms with Gasteiger partial charge in [0.25, 0.3) is 0 Å². The molecule has 1 aliphatic heterocycles. The molecule has 1 amide bonds. The standard InChI is InChI=1S/C16H21NO3/c18-14-6-4-11-17(12-10-14)16(19)9-5-13-20-15-7-2-1-3-8-15/h1-3,7-8H,4-6,9-13H2. The van der Waals surface area contributed by atoms with Crippen molar-refractivity contribution in [1.29, 1.82) is 0 Å². The number of para-hydroxylation sites is 1. The Morgan fingerprint density at radius 1 is 1.15 bits per heavy atom. The van der Waals surface area contributed by atoms with Gasteiger partial charge in [0.2, 0.25) is 5.91 Å². The summed E-state index contributed by atoms with van der Waals surface area (Å²) in [6, 6.07) is 9.60. The molecule has 2 rings (SSSR count). The minimum Gasteiger partial charge on any atom is -0.494 e. The van der Waals surface area contributed by atoms with Crippen LogP contribution >= 0.6 is 0 Å². The zero-order chi connectivity index (χ0) is 14.2. The summed E-state index contributed by atoms with van der Waals surface area (Å²) in [5, 5.41) is 0. The topological polar surface area (TPSA) is 46.6 Å². The first kappa shape index (κ1) is 14.6. The number of amides is 1. The molecule has 4 heteroatoms. The fourth-order valence-corrected chi connectivity index (χ4v) is 2.30. The predicted molar refractivity (Wildman–Crippen MR) is 76.6 cm³/mol. The molecule has 0 radical (unpaired) electrons. The first-order valence-corrected chi connectivity index (χ1v) is 7.23. The Labute approximate surface area is 119 Å². The van der Waals surface area contributed by atoms with Crippen molar-refractivity contribution in [3.63, 3.8) is 0 Å². The molecule has 1 aromatic rings. The number of hydrogen-bond donors (Lipinski definition) is 0. The van der Waals surface area contributed by atoms with Crippen molar-refractivity contribution in [2.75, 3.05) is 19.7 Å². The second-order valence-corrected chi connectivity index (χ2v) is 5.04. The predicted octanol–water partition coefficient (Wildman–Crippen LogP) is 2.43. The van der Waals surface area contributed by atoms with Crippen molar-refractivity contribution >= 4 is 11.7 Å². The van der Waals surface area contributed by atoms with Gasteiger partial charge in [-0.3, -0.25) is 9.59 Å². The van der Waals surface area contributed by atoms with Gasteiger partial charge in [0.1, 0.15) is 11.5 Å². The molecule has 0 aromatic heterocycles. The number of rotatable bonds is 5. The van der Waals surface area contributed by atoms with Gasteiger partial charge in [-0.05, 0) is 25.0 Å². The van der Waals surface area contributed by atoms with Gasteiger partial charge in [-0.15, -0.1) is 0 Å². The van der Waals surface area contributed by atoms with Gasteiger partial charge < -0.3 is 9.64 Å². The lowest BCUT2D eigenvalue weighted by molar-refractivity contribution is -0.131. The molecule has 1 saturated heterocycles. The first-order chi connectivity index (χ1) is 9.75. The fraction of sp³-hybridized carbons (Fsp3) is 0.500. The second kappa shape index (κ2) is 7.68. The zero-order valence-electron chi connectivity index (χ0n) is 11.7. The minimum absolute atomic E-state index is 0.136. The molecule has 0 unspecified atom stereocenters. The molecule has 4 nitrogen and oxygen atoms in total. The third-order valence-electron chi connectivity index (χ3n) is 3.44. The Bertz CT molecular complexity index is 444. The molecule has 0 spiro atoms. The average molecular weight is 275 g/mol. The summed E-state index contributed by atoms with van der Waals surface area (Å²) < 4.78 is 5.56. The molecule has 1 aliphatic rings. The Morgan fingerprint density at radius 2 is 1.95 bits per heavy atom. The van der Waals surface area contributed by atoms with Crippen molar-refractivity contribution in [1.82, 2.24) is 4.90 Å². The first-order valence-electron chi connectivity index (χ1n) is 7.23. The normalized spacial score (nSPS) is 15.8. The quantitative estimate of drug-likeness (QED) is 0.775. The van der Waals surface area contributed by atoms with Gasteiger partial charge >= 0.3 is 0 Å². The Balaban J connectivity index is 1.66. The molecule has 1 aromatic carbocycles. The number of carbonyl (C=O) groups is 2. The van der Waals surface area contributed by atoms with E-state index >= 15 is 0 Å². The summed E-state index contributed by atoms with van der Waals surface area (Å²) in [4.78, 5) is 25.2. The van der Waals surface area contributed by atoms with Crippen LogP contribution in [-0.4, -0.2) is 36.3 Å². The van der Waals surface area contributed by atoms with E-state index in [1.165, 1.54) is 0 Å². The van der Waals surface area contributed by atoms with Crippen LogP contribution in [0, 0.1) is 0 Å². The number of ketones is 1. The number of benzene rings is 1. The lowest BCUT2D eigenvalue weighted by atomic mass is 10.2. The van der Waals surface area contributed by atoms with Crippen molar-refractivity contribution in [2.45, 2.75) is 32.1 Å². The van der Waals surface area contributed by atoms with Crippen LogP contribution in [0.5, 0.6) is 5.75 Å². The minimum atomic E-state index is 0.136. The smallest absolute Gasteiger partial charge is 0.222 e. The van der Waals surface area contributed by atoms with Crippen LogP contribution in [0.2, 0.25) is 0 Å². The molecule has 0 bridgehead atoms. The summed E-state index contributed by atoms with van der Waals surface area (Å²) in [7, 11) is 0. The van der Waals surface area contributed by atoms with E-state index in [9.17, 15) is 9.59 Å². The van der Waals surface area contributed by atoms with E-state index in [1.54, 1.807) is 0 Å². The summed E-state index contributed by atoms with van der Waals surface area (Å²) in [5.74, 6) is 1.24. The van der Waals surface area contributed by atoms with Crippen molar-refractivity contribution in [3.8, 4) is 5.75 Å². The third-order valence-corrected chi connectivity index (χ3v) is 3.44. The maximum absolute atomic E-state index is 12.0. The fourth-order valence-electron chi connectivity index (χ4n) is 2.30. The maximum Gasteiger partial charge on any atom is 0.222 e. The molecule has 108 valence electrons. The molecule has 0 N–H and O–H groups in total. The molecule has 1 fully saturated rings. The monoisotopic (exact) mass is 275 g/mol. The van der Waals surface area contributed by atoms with E-state index in [2.05, 4.69) is 0 Å². The van der Waals surface area contributed by atoms with Gasteiger partial charge in [0.05, 0.1) is 6.61 Å². The highest BCUT2D eigenvalue weighted by Crippen LogP contribution is 2.11. The van der Waals surface area contributed by atoms with Crippen molar-refractivity contribution in [3.05, 3.63) is 30.3 Å². The molecule has 0 saturated carbocycles. The van der Waals surface area contributed by atoms with E-state index in [-0.39, 0.29) is 11.7 Å². The highest BCUT2D eigenvalue weighted by Gasteiger charge is 2.18. The number of ether oxygens (including phenoxy) is 1. The largest absolute Gasteiger partial charge is 0.494 e. The molecule has 20 heavy (non-hydrogen) atoms. The SMILES string of the molecule is O=C1CCCN(C(=O)CCCOc2ccccc2)CC1. The summed E-state index contributed by atoms with van der Waals surface area (Å²) >= 11 is 0. The summed E-state index contributed by atoms with van der Waals surface area (Å²) in [6.45, 7) is 1.84. The number of hydrogen-bond acceptors (Lipinski definition) is 3. The zero-order valence-corrected chi connectivity index (χ0v) is 11.7. The number of likely N-dealkylation sites (tertiary alicyclic amines) is 1. The van der Waals surface area contributed by atoms with E-state index in [4.69, 9.17) is 4.74 Å². The lowest BCUT2D eigenvalue weighted by Crippen LogP contribution is -2.32. The van der Waals surface area contributed by atoms with Crippen LogP contribution in [0.25, 0.3) is 0 Å². The molecule has 0 atom stereocenters. The lowest BCUT2D eigenvalue weighted by Gasteiger charge is -2.19. The van der Waals surface area contributed by atoms with E-state index in [0.29, 0.717) is 45.4 Å². The highest BCUT2D eigenvalue weighted by atomic mass is 16.5. The van der Waals surface area contributed by atoms with E-state index in [1.807, 2.05) is 35.2 Å². The van der Waals surface area contributed by atoms with Crippen LogP contribution in [0.4, 0.5) is 0 Å². The summed E-state index contributed by atoms with van der Waals surface area (Å²) in [6.07, 6.45) is 3.11. The van der Waals surface area contributed by atoms with Crippen LogP contribution in [0.3, 0.4) is 0 Å². The molecular formula is C16H21NO3. The second-order valence-electron chi connectivity index (χ2n) is 5.04. The average Bonchev–Trinajstić information content (AvgIpc) is 2.69. The van der Waals surface area contributed by atoms with Crippen LogP contribution < -0.4 is 4.74 Å². The highest BCUT2D eigenvalue weighted by molar-refractivity contribution is 5.81. The number of nitrogens with zero attached hydrogens (tertiary/aromatic N) is 1.